The summed E-state index contributed by atoms with van der Waals surface area (Å²) in [5, 5.41) is 3.01. The molecule has 0 atom stereocenters. The van der Waals surface area contributed by atoms with E-state index >= 15 is 0 Å². The van der Waals surface area contributed by atoms with E-state index in [1.54, 1.807) is 55.2 Å². The fourth-order valence-corrected chi connectivity index (χ4v) is 3.03. The Labute approximate surface area is 148 Å². The highest BCUT2D eigenvalue weighted by Crippen LogP contribution is 2.26. The summed E-state index contributed by atoms with van der Waals surface area (Å²) < 4.78 is 32.7. The SMILES string of the molecule is CS(=O)(=O)Nc1cccc(Nc2ncc(-c3cnc4cnccn34)o2)c1. The van der Waals surface area contributed by atoms with E-state index in [1.807, 2.05) is 4.40 Å². The molecule has 4 aromatic rings. The summed E-state index contributed by atoms with van der Waals surface area (Å²) in [6.07, 6.45) is 9.46. The third-order valence-corrected chi connectivity index (χ3v) is 4.10. The molecule has 0 saturated carbocycles. The van der Waals surface area contributed by atoms with Crippen LogP contribution in [0.1, 0.15) is 0 Å². The fraction of sp³-hybridized carbons (Fsp3) is 0.0625. The minimum absolute atomic E-state index is 0.278. The molecule has 0 saturated heterocycles. The molecular weight excluding hydrogens is 356 g/mol. The van der Waals surface area contributed by atoms with Crippen molar-refractivity contribution in [1.29, 1.82) is 0 Å². The van der Waals surface area contributed by atoms with Crippen LogP contribution >= 0.6 is 0 Å². The van der Waals surface area contributed by atoms with E-state index in [2.05, 4.69) is 25.0 Å². The molecule has 10 heteroatoms. The monoisotopic (exact) mass is 370 g/mol. The number of anilines is 3. The third kappa shape index (κ3) is 3.35. The fourth-order valence-electron chi connectivity index (χ4n) is 2.47. The van der Waals surface area contributed by atoms with Crippen molar-refractivity contribution < 1.29 is 12.8 Å². The summed E-state index contributed by atoms with van der Waals surface area (Å²) in [7, 11) is -3.34. The second-order valence-corrected chi connectivity index (χ2v) is 7.31. The largest absolute Gasteiger partial charge is 0.422 e. The first-order valence-corrected chi connectivity index (χ1v) is 9.45. The molecular formula is C16H14N6O3S. The standard InChI is InChI=1S/C16H14N6O3S/c1-26(23,24)21-12-4-2-3-11(7-12)20-16-19-9-14(25-16)13-8-18-15-10-17-5-6-22(13)15/h2-10,21H,1H3,(H,19,20). The number of hydrogen-bond donors (Lipinski definition) is 2. The van der Waals surface area contributed by atoms with Crippen molar-refractivity contribution in [2.24, 2.45) is 0 Å². The van der Waals surface area contributed by atoms with Gasteiger partial charge in [-0.15, -0.1) is 0 Å². The normalized spacial score (nSPS) is 11.6. The zero-order valence-corrected chi connectivity index (χ0v) is 14.4. The van der Waals surface area contributed by atoms with Crippen LogP contribution in [0.4, 0.5) is 17.4 Å². The van der Waals surface area contributed by atoms with Crippen molar-refractivity contribution in [3.05, 3.63) is 55.2 Å². The molecule has 0 spiro atoms. The smallest absolute Gasteiger partial charge is 0.299 e. The molecule has 132 valence electrons. The molecule has 0 bridgehead atoms. The number of rotatable bonds is 5. The number of nitrogens with zero attached hydrogens (tertiary/aromatic N) is 4. The van der Waals surface area contributed by atoms with E-state index in [0.29, 0.717) is 22.8 Å². The Hall–Kier alpha value is -3.40. The van der Waals surface area contributed by atoms with E-state index in [0.717, 1.165) is 11.9 Å². The van der Waals surface area contributed by atoms with Crippen LogP contribution in [0.15, 0.2) is 59.7 Å². The van der Waals surface area contributed by atoms with Gasteiger partial charge in [-0.3, -0.25) is 14.1 Å². The average molecular weight is 370 g/mol. The molecule has 2 N–H and O–H groups in total. The highest BCUT2D eigenvalue weighted by Gasteiger charge is 2.12. The molecule has 3 heterocycles. The lowest BCUT2D eigenvalue weighted by molar-refractivity contribution is 0.589. The van der Waals surface area contributed by atoms with Crippen LogP contribution in [0, 0.1) is 0 Å². The molecule has 9 nitrogen and oxygen atoms in total. The van der Waals surface area contributed by atoms with Gasteiger partial charge in [-0.2, -0.15) is 0 Å². The minimum Gasteiger partial charge on any atom is -0.422 e. The lowest BCUT2D eigenvalue weighted by Gasteiger charge is -2.06. The average Bonchev–Trinajstić information content (AvgIpc) is 3.20. The topological polar surface area (TPSA) is 114 Å². The van der Waals surface area contributed by atoms with Gasteiger partial charge in [0.2, 0.25) is 10.0 Å². The quantitative estimate of drug-likeness (QED) is 0.555. The van der Waals surface area contributed by atoms with Crippen LogP contribution in [0.25, 0.3) is 17.1 Å². The Morgan fingerprint density at radius 1 is 1.12 bits per heavy atom. The van der Waals surface area contributed by atoms with Crippen molar-refractivity contribution in [3.8, 4) is 11.5 Å². The van der Waals surface area contributed by atoms with Crippen LogP contribution in [-0.2, 0) is 10.0 Å². The van der Waals surface area contributed by atoms with E-state index in [9.17, 15) is 8.42 Å². The summed E-state index contributed by atoms with van der Waals surface area (Å²) in [5.41, 5.74) is 2.52. The molecule has 0 amide bonds. The van der Waals surface area contributed by atoms with Crippen LogP contribution < -0.4 is 10.0 Å². The van der Waals surface area contributed by atoms with E-state index in [4.69, 9.17) is 4.42 Å². The minimum atomic E-state index is -3.34. The predicted octanol–water partition coefficient (Wildman–Crippen LogP) is 2.50. The van der Waals surface area contributed by atoms with Crippen molar-refractivity contribution in [2.45, 2.75) is 0 Å². The molecule has 0 aliphatic carbocycles. The van der Waals surface area contributed by atoms with Crippen LogP contribution in [0.2, 0.25) is 0 Å². The van der Waals surface area contributed by atoms with Gasteiger partial charge in [-0.1, -0.05) is 6.07 Å². The second kappa shape index (κ2) is 6.15. The Balaban J connectivity index is 1.58. The van der Waals surface area contributed by atoms with Crippen molar-refractivity contribution in [3.63, 3.8) is 0 Å². The number of imidazole rings is 1. The van der Waals surface area contributed by atoms with Crippen molar-refractivity contribution >= 4 is 33.1 Å². The maximum atomic E-state index is 11.3. The van der Waals surface area contributed by atoms with Gasteiger partial charge in [-0.25, -0.2) is 18.4 Å². The number of nitrogens with one attached hydrogen (secondary N) is 2. The highest BCUT2D eigenvalue weighted by atomic mass is 32.2. The van der Waals surface area contributed by atoms with Crippen LogP contribution in [0.3, 0.4) is 0 Å². The summed E-state index contributed by atoms with van der Waals surface area (Å²) in [4.78, 5) is 12.5. The first-order valence-electron chi connectivity index (χ1n) is 7.56. The van der Waals surface area contributed by atoms with Crippen LogP contribution in [-0.4, -0.2) is 34.0 Å². The van der Waals surface area contributed by atoms with Gasteiger partial charge in [0.15, 0.2) is 11.4 Å². The van der Waals surface area contributed by atoms with Gasteiger partial charge >= 0.3 is 0 Å². The first-order chi connectivity index (χ1) is 12.5. The van der Waals surface area contributed by atoms with Crippen molar-refractivity contribution in [1.82, 2.24) is 19.4 Å². The van der Waals surface area contributed by atoms with Crippen molar-refractivity contribution in [2.75, 3.05) is 16.3 Å². The van der Waals surface area contributed by atoms with Gasteiger partial charge < -0.3 is 9.73 Å². The van der Waals surface area contributed by atoms with Gasteiger partial charge in [0, 0.05) is 18.1 Å². The third-order valence-electron chi connectivity index (χ3n) is 3.49. The number of hydrogen-bond acceptors (Lipinski definition) is 7. The van der Waals surface area contributed by atoms with Gasteiger partial charge in [-0.05, 0) is 18.2 Å². The zero-order valence-electron chi connectivity index (χ0n) is 13.6. The molecule has 0 fully saturated rings. The number of benzene rings is 1. The highest BCUT2D eigenvalue weighted by molar-refractivity contribution is 7.92. The van der Waals surface area contributed by atoms with Gasteiger partial charge in [0.1, 0.15) is 5.69 Å². The van der Waals surface area contributed by atoms with Crippen LogP contribution in [0.5, 0.6) is 0 Å². The molecule has 0 radical (unpaired) electrons. The first kappa shape index (κ1) is 16.1. The predicted molar refractivity (Wildman–Crippen MR) is 96.7 cm³/mol. The van der Waals surface area contributed by atoms with Gasteiger partial charge in [0.05, 0.1) is 30.5 Å². The summed E-state index contributed by atoms with van der Waals surface area (Å²) in [6, 6.07) is 7.07. The Morgan fingerprint density at radius 2 is 1.96 bits per heavy atom. The molecule has 1 aromatic carbocycles. The summed E-state index contributed by atoms with van der Waals surface area (Å²) in [5.74, 6) is 0.539. The number of aromatic nitrogens is 4. The zero-order chi connectivity index (χ0) is 18.1. The van der Waals surface area contributed by atoms with E-state index in [1.165, 1.54) is 0 Å². The Kier molecular flexibility index (Phi) is 3.81. The Morgan fingerprint density at radius 3 is 2.81 bits per heavy atom. The number of sulfonamides is 1. The lowest BCUT2D eigenvalue weighted by Crippen LogP contribution is -2.09. The lowest BCUT2D eigenvalue weighted by atomic mass is 10.3. The second-order valence-electron chi connectivity index (χ2n) is 5.56. The van der Waals surface area contributed by atoms with E-state index < -0.39 is 10.0 Å². The molecule has 4 rings (SSSR count). The molecule has 26 heavy (non-hydrogen) atoms. The molecule has 0 aliphatic heterocycles. The number of fused-ring (bicyclic) bond motifs is 1. The number of oxazole rings is 1. The summed E-state index contributed by atoms with van der Waals surface area (Å²) in [6.45, 7) is 0. The maximum Gasteiger partial charge on any atom is 0.299 e. The van der Waals surface area contributed by atoms with Gasteiger partial charge in [0.25, 0.3) is 6.01 Å². The molecule has 0 aliphatic rings. The summed E-state index contributed by atoms with van der Waals surface area (Å²) >= 11 is 0. The maximum absolute atomic E-state index is 11.3. The molecule has 3 aromatic heterocycles. The van der Waals surface area contributed by atoms with E-state index in [-0.39, 0.29) is 6.01 Å². The Bertz CT molecular complexity index is 1180. The molecule has 0 unspecified atom stereocenters.